The minimum absolute atomic E-state index is 0.102. The molecular weight excluding hydrogens is 398 g/mol. The molecule has 0 spiro atoms. The van der Waals surface area contributed by atoms with E-state index in [0.29, 0.717) is 16.7 Å². The molecular formula is C22H21N5O2S. The van der Waals surface area contributed by atoms with E-state index >= 15 is 0 Å². The van der Waals surface area contributed by atoms with E-state index in [2.05, 4.69) is 15.5 Å². The van der Waals surface area contributed by atoms with Crippen LogP contribution in [-0.2, 0) is 4.79 Å². The zero-order chi connectivity index (χ0) is 20.9. The summed E-state index contributed by atoms with van der Waals surface area (Å²) in [7, 11) is 1.63. The van der Waals surface area contributed by atoms with E-state index < -0.39 is 0 Å². The average molecular weight is 420 g/mol. The zero-order valence-corrected chi connectivity index (χ0v) is 17.5. The maximum atomic E-state index is 12.5. The van der Waals surface area contributed by atoms with Gasteiger partial charge in [-0.2, -0.15) is 0 Å². The highest BCUT2D eigenvalue weighted by atomic mass is 32.2. The van der Waals surface area contributed by atoms with Crippen LogP contribution >= 0.6 is 11.8 Å². The first kappa shape index (κ1) is 19.8. The second kappa shape index (κ2) is 8.87. The molecule has 7 nitrogen and oxygen atoms in total. The fourth-order valence-electron chi connectivity index (χ4n) is 3.05. The molecule has 0 fully saturated rings. The smallest absolute Gasteiger partial charge is 0.234 e. The highest BCUT2D eigenvalue weighted by Crippen LogP contribution is 2.31. The number of rotatable bonds is 7. The second-order valence-electron chi connectivity index (χ2n) is 6.53. The van der Waals surface area contributed by atoms with Crippen molar-refractivity contribution in [3.8, 4) is 17.1 Å². The molecule has 0 aliphatic rings. The van der Waals surface area contributed by atoms with Crippen LogP contribution in [0.15, 0.2) is 78.2 Å². The lowest BCUT2D eigenvalue weighted by molar-refractivity contribution is -0.113. The van der Waals surface area contributed by atoms with Crippen LogP contribution < -0.4 is 10.1 Å². The molecule has 0 saturated heterocycles. The van der Waals surface area contributed by atoms with Crippen LogP contribution in [0.4, 0.5) is 5.69 Å². The Balaban J connectivity index is 1.60. The van der Waals surface area contributed by atoms with Crippen molar-refractivity contribution in [2.24, 2.45) is 0 Å². The summed E-state index contributed by atoms with van der Waals surface area (Å²) in [5.41, 5.74) is 2.65. The lowest BCUT2D eigenvalue weighted by Gasteiger charge is -2.13. The Kier molecular flexibility index (Phi) is 5.85. The van der Waals surface area contributed by atoms with Crippen molar-refractivity contribution in [3.05, 3.63) is 78.6 Å². The van der Waals surface area contributed by atoms with Gasteiger partial charge in [0.15, 0.2) is 5.82 Å². The largest absolute Gasteiger partial charge is 0.496 e. The molecule has 0 atom stereocenters. The van der Waals surface area contributed by atoms with Gasteiger partial charge in [-0.1, -0.05) is 42.1 Å². The Morgan fingerprint density at radius 3 is 2.53 bits per heavy atom. The Labute approximate surface area is 178 Å². The summed E-state index contributed by atoms with van der Waals surface area (Å²) in [6.07, 6.45) is 3.81. The fourth-order valence-corrected chi connectivity index (χ4v) is 3.78. The molecule has 0 radical (unpaired) electrons. The summed E-state index contributed by atoms with van der Waals surface area (Å²) >= 11 is 1.32. The average Bonchev–Trinajstić information content (AvgIpc) is 3.43. The molecule has 1 N–H and O–H groups in total. The van der Waals surface area contributed by atoms with Crippen LogP contribution in [0.1, 0.15) is 5.56 Å². The summed E-state index contributed by atoms with van der Waals surface area (Å²) in [6, 6.07) is 19.2. The number of nitrogens with zero attached hydrogens (tertiary/aromatic N) is 4. The summed E-state index contributed by atoms with van der Waals surface area (Å²) in [5, 5.41) is 12.3. The Hall–Kier alpha value is -3.52. The molecule has 2 aromatic heterocycles. The molecule has 152 valence electrons. The van der Waals surface area contributed by atoms with Gasteiger partial charge in [-0.05, 0) is 42.8 Å². The van der Waals surface area contributed by atoms with E-state index in [1.54, 1.807) is 7.11 Å². The molecule has 1 amide bonds. The fraction of sp³-hybridized carbons (Fsp3) is 0.136. The van der Waals surface area contributed by atoms with Crippen molar-refractivity contribution >= 4 is 23.4 Å². The van der Waals surface area contributed by atoms with E-state index in [4.69, 9.17) is 4.74 Å². The van der Waals surface area contributed by atoms with Gasteiger partial charge in [-0.3, -0.25) is 9.47 Å². The van der Waals surface area contributed by atoms with Crippen molar-refractivity contribution in [2.45, 2.75) is 12.1 Å². The highest BCUT2D eigenvalue weighted by molar-refractivity contribution is 7.99. The Bertz CT molecular complexity index is 1150. The van der Waals surface area contributed by atoms with Crippen molar-refractivity contribution < 1.29 is 9.53 Å². The minimum Gasteiger partial charge on any atom is -0.496 e. The summed E-state index contributed by atoms with van der Waals surface area (Å²) < 4.78 is 9.24. The van der Waals surface area contributed by atoms with Gasteiger partial charge in [-0.15, -0.1) is 10.2 Å². The number of carbonyl (C=O) groups excluding carboxylic acids is 1. The van der Waals surface area contributed by atoms with Gasteiger partial charge in [0.1, 0.15) is 5.75 Å². The predicted molar refractivity (Wildman–Crippen MR) is 118 cm³/mol. The minimum atomic E-state index is -0.102. The predicted octanol–water partition coefficient (Wildman–Crippen LogP) is 4.11. The number of hydrogen-bond acceptors (Lipinski definition) is 5. The number of methoxy groups -OCH3 is 1. The summed E-state index contributed by atoms with van der Waals surface area (Å²) in [6.45, 7) is 1.96. The monoisotopic (exact) mass is 419 g/mol. The van der Waals surface area contributed by atoms with Crippen molar-refractivity contribution in [3.63, 3.8) is 0 Å². The summed E-state index contributed by atoms with van der Waals surface area (Å²) in [4.78, 5) is 12.5. The van der Waals surface area contributed by atoms with Crippen molar-refractivity contribution in [2.75, 3.05) is 18.2 Å². The molecule has 8 heteroatoms. The number of aryl methyl sites for hydroxylation is 1. The second-order valence-corrected chi connectivity index (χ2v) is 7.48. The molecule has 0 saturated carbocycles. The van der Waals surface area contributed by atoms with Crippen molar-refractivity contribution in [1.29, 1.82) is 0 Å². The van der Waals surface area contributed by atoms with E-state index in [9.17, 15) is 4.79 Å². The van der Waals surface area contributed by atoms with Gasteiger partial charge in [0, 0.05) is 18.1 Å². The molecule has 4 rings (SSSR count). The number of para-hydroxylation sites is 2. The molecule has 30 heavy (non-hydrogen) atoms. The molecule has 2 aromatic carbocycles. The number of nitrogens with one attached hydrogen (secondary N) is 1. The van der Waals surface area contributed by atoms with Gasteiger partial charge in [0.05, 0.1) is 18.4 Å². The SMILES string of the molecule is COc1ccccc1-c1nnc(SCC(=O)Nc2ccccc2C)n1-n1cccc1. The first-order valence-electron chi connectivity index (χ1n) is 9.38. The highest BCUT2D eigenvalue weighted by Gasteiger charge is 2.19. The van der Waals surface area contributed by atoms with Gasteiger partial charge < -0.3 is 10.1 Å². The van der Waals surface area contributed by atoms with Crippen molar-refractivity contribution in [1.82, 2.24) is 19.5 Å². The van der Waals surface area contributed by atoms with Gasteiger partial charge in [0.2, 0.25) is 11.1 Å². The van der Waals surface area contributed by atoms with E-state index in [0.717, 1.165) is 16.8 Å². The Morgan fingerprint density at radius 2 is 1.77 bits per heavy atom. The third-order valence-corrected chi connectivity index (χ3v) is 5.45. The normalized spacial score (nSPS) is 10.7. The number of amides is 1. The van der Waals surface area contributed by atoms with Crippen LogP contribution in [0.3, 0.4) is 0 Å². The quantitative estimate of drug-likeness (QED) is 0.457. The molecule has 0 aliphatic heterocycles. The third-order valence-electron chi connectivity index (χ3n) is 4.53. The standard InChI is InChI=1S/C22H21N5O2S/c1-16-9-3-5-11-18(16)23-20(28)15-30-22-25-24-21(27(22)26-13-7-8-14-26)17-10-4-6-12-19(17)29-2/h3-14H,15H2,1-2H3,(H,23,28). The van der Waals surface area contributed by atoms with Gasteiger partial charge >= 0.3 is 0 Å². The maximum absolute atomic E-state index is 12.5. The van der Waals surface area contributed by atoms with Crippen LogP contribution in [-0.4, -0.2) is 38.3 Å². The lowest BCUT2D eigenvalue weighted by atomic mass is 10.2. The molecule has 0 unspecified atom stereocenters. The molecule has 0 aliphatic carbocycles. The van der Waals surface area contributed by atoms with E-state index in [1.165, 1.54) is 11.8 Å². The number of anilines is 1. The number of carbonyl (C=O) groups is 1. The molecule has 2 heterocycles. The first-order chi connectivity index (χ1) is 14.7. The van der Waals surface area contributed by atoms with Crippen LogP contribution in [0, 0.1) is 6.92 Å². The maximum Gasteiger partial charge on any atom is 0.234 e. The number of thioether (sulfide) groups is 1. The van der Waals surface area contributed by atoms with Crippen LogP contribution in [0.2, 0.25) is 0 Å². The molecule has 0 bridgehead atoms. The first-order valence-corrected chi connectivity index (χ1v) is 10.4. The topological polar surface area (TPSA) is 74.0 Å². The number of aromatic nitrogens is 4. The Morgan fingerprint density at radius 1 is 1.03 bits per heavy atom. The molecule has 4 aromatic rings. The van der Waals surface area contributed by atoms with E-state index in [1.807, 2.05) is 89.3 Å². The third kappa shape index (κ3) is 4.08. The van der Waals surface area contributed by atoms with E-state index in [-0.39, 0.29) is 11.7 Å². The number of ether oxygens (including phenoxy) is 1. The van der Waals surface area contributed by atoms with Crippen LogP contribution in [0.5, 0.6) is 5.75 Å². The summed E-state index contributed by atoms with van der Waals surface area (Å²) in [5.74, 6) is 1.44. The van der Waals surface area contributed by atoms with Crippen LogP contribution in [0.25, 0.3) is 11.4 Å². The lowest BCUT2D eigenvalue weighted by Crippen LogP contribution is -2.16. The van der Waals surface area contributed by atoms with Gasteiger partial charge in [-0.25, -0.2) is 4.68 Å². The van der Waals surface area contributed by atoms with Gasteiger partial charge in [0.25, 0.3) is 0 Å². The number of hydrogen-bond donors (Lipinski definition) is 1. The zero-order valence-electron chi connectivity index (χ0n) is 16.6. The number of benzene rings is 2.